The summed E-state index contributed by atoms with van der Waals surface area (Å²) in [6.45, 7) is 2.05. The number of piperidine rings is 1. The van der Waals surface area contributed by atoms with Crippen LogP contribution in [-0.4, -0.2) is 29.6 Å². The molecule has 84 valence electrons. The summed E-state index contributed by atoms with van der Waals surface area (Å²) in [5.74, 6) is 0. The lowest BCUT2D eigenvalue weighted by molar-refractivity contribution is 0.109. The topological polar surface area (TPSA) is 53.1 Å². The summed E-state index contributed by atoms with van der Waals surface area (Å²) in [5.41, 5.74) is 5.43. The van der Waals surface area contributed by atoms with E-state index in [1.807, 2.05) is 0 Å². The van der Waals surface area contributed by atoms with Gasteiger partial charge in [-0.3, -0.25) is 0 Å². The van der Waals surface area contributed by atoms with E-state index in [-0.39, 0.29) is 0 Å². The van der Waals surface area contributed by atoms with Crippen LogP contribution in [0, 0.1) is 11.3 Å². The average Bonchev–Trinajstić information content (AvgIpc) is 2.31. The maximum atomic E-state index is 8.95. The van der Waals surface area contributed by atoms with Crippen molar-refractivity contribution in [1.82, 2.24) is 4.90 Å². The number of nitriles is 1. The van der Waals surface area contributed by atoms with E-state index < -0.39 is 5.54 Å². The van der Waals surface area contributed by atoms with Crippen molar-refractivity contribution in [3.63, 3.8) is 0 Å². The van der Waals surface area contributed by atoms with Crippen LogP contribution in [0.5, 0.6) is 0 Å². The molecular weight excluding hydrogens is 186 g/mol. The molecule has 0 aromatic heterocycles. The van der Waals surface area contributed by atoms with Crippen LogP contribution >= 0.6 is 0 Å². The van der Waals surface area contributed by atoms with E-state index in [0.29, 0.717) is 0 Å². The van der Waals surface area contributed by atoms with Crippen LogP contribution in [0.1, 0.15) is 44.9 Å². The van der Waals surface area contributed by atoms with Gasteiger partial charge in [-0.05, 0) is 25.7 Å². The fourth-order valence-electron chi connectivity index (χ4n) is 2.85. The molecule has 1 aliphatic carbocycles. The van der Waals surface area contributed by atoms with Gasteiger partial charge in [0.15, 0.2) is 0 Å². The molecule has 1 saturated heterocycles. The van der Waals surface area contributed by atoms with Crippen molar-refractivity contribution in [2.45, 2.75) is 56.5 Å². The van der Waals surface area contributed by atoms with Gasteiger partial charge in [0, 0.05) is 19.1 Å². The van der Waals surface area contributed by atoms with Gasteiger partial charge in [0.05, 0.1) is 6.07 Å². The van der Waals surface area contributed by atoms with Gasteiger partial charge in [-0.1, -0.05) is 19.3 Å². The van der Waals surface area contributed by atoms with Gasteiger partial charge in [-0.2, -0.15) is 5.26 Å². The standard InChI is InChI=1S/C12H21N3/c13-10-12(14)6-8-15(9-7-12)11-4-2-1-3-5-11/h11H,1-9,14H2. The first-order valence-electron chi connectivity index (χ1n) is 6.18. The zero-order valence-corrected chi connectivity index (χ0v) is 9.41. The smallest absolute Gasteiger partial charge is 0.106 e. The van der Waals surface area contributed by atoms with Crippen molar-refractivity contribution in [1.29, 1.82) is 5.26 Å². The van der Waals surface area contributed by atoms with E-state index >= 15 is 0 Å². The highest BCUT2D eigenvalue weighted by molar-refractivity contribution is 5.07. The number of nitrogens with zero attached hydrogens (tertiary/aromatic N) is 2. The molecule has 2 aliphatic rings. The maximum absolute atomic E-state index is 8.95. The molecule has 1 heterocycles. The fraction of sp³-hybridized carbons (Fsp3) is 0.917. The Balaban J connectivity index is 1.85. The fourth-order valence-corrected chi connectivity index (χ4v) is 2.85. The number of likely N-dealkylation sites (tertiary alicyclic amines) is 1. The second kappa shape index (κ2) is 4.51. The third-order valence-corrected chi connectivity index (χ3v) is 4.00. The summed E-state index contributed by atoms with van der Waals surface area (Å²) < 4.78 is 0. The van der Waals surface area contributed by atoms with Crippen molar-refractivity contribution in [3.05, 3.63) is 0 Å². The number of rotatable bonds is 1. The summed E-state index contributed by atoms with van der Waals surface area (Å²) in [4.78, 5) is 2.56. The first kappa shape index (κ1) is 10.9. The SMILES string of the molecule is N#CC1(N)CCN(C2CCCCC2)CC1. The highest BCUT2D eigenvalue weighted by atomic mass is 15.2. The molecule has 3 nitrogen and oxygen atoms in total. The van der Waals surface area contributed by atoms with Crippen LogP contribution in [0.2, 0.25) is 0 Å². The Morgan fingerprint density at radius 2 is 1.73 bits per heavy atom. The lowest BCUT2D eigenvalue weighted by Crippen LogP contribution is -2.52. The van der Waals surface area contributed by atoms with Crippen molar-refractivity contribution >= 4 is 0 Å². The second-order valence-electron chi connectivity index (χ2n) is 5.10. The van der Waals surface area contributed by atoms with Crippen LogP contribution in [0.3, 0.4) is 0 Å². The van der Waals surface area contributed by atoms with E-state index in [2.05, 4.69) is 11.0 Å². The van der Waals surface area contributed by atoms with Gasteiger partial charge in [-0.15, -0.1) is 0 Å². The monoisotopic (exact) mass is 207 g/mol. The third kappa shape index (κ3) is 2.50. The zero-order valence-electron chi connectivity index (χ0n) is 9.41. The largest absolute Gasteiger partial charge is 0.313 e. The molecule has 15 heavy (non-hydrogen) atoms. The molecule has 0 spiro atoms. The van der Waals surface area contributed by atoms with Crippen LogP contribution in [0.25, 0.3) is 0 Å². The molecule has 1 saturated carbocycles. The molecule has 3 heteroatoms. The summed E-state index contributed by atoms with van der Waals surface area (Å²) >= 11 is 0. The molecule has 0 radical (unpaired) electrons. The molecule has 1 aliphatic heterocycles. The summed E-state index contributed by atoms with van der Waals surface area (Å²) in [6.07, 6.45) is 8.57. The molecule has 0 atom stereocenters. The van der Waals surface area contributed by atoms with Crippen molar-refractivity contribution in [2.24, 2.45) is 5.73 Å². The van der Waals surface area contributed by atoms with Gasteiger partial charge >= 0.3 is 0 Å². The number of nitrogens with two attached hydrogens (primary N) is 1. The summed E-state index contributed by atoms with van der Waals surface area (Å²) in [6, 6.07) is 3.03. The first-order valence-corrected chi connectivity index (χ1v) is 6.18. The molecule has 2 fully saturated rings. The van der Waals surface area contributed by atoms with Crippen LogP contribution in [-0.2, 0) is 0 Å². The highest BCUT2D eigenvalue weighted by Crippen LogP contribution is 2.27. The Hall–Kier alpha value is -0.590. The number of hydrogen-bond acceptors (Lipinski definition) is 3. The van der Waals surface area contributed by atoms with Crippen LogP contribution in [0.4, 0.5) is 0 Å². The van der Waals surface area contributed by atoms with E-state index in [4.69, 9.17) is 11.0 Å². The number of hydrogen-bond donors (Lipinski definition) is 1. The normalized spacial score (nSPS) is 28.5. The first-order chi connectivity index (χ1) is 7.23. The molecule has 0 aromatic carbocycles. The van der Waals surface area contributed by atoms with Crippen LogP contribution in [0.15, 0.2) is 0 Å². The predicted molar refractivity (Wildman–Crippen MR) is 60.2 cm³/mol. The molecule has 2 N–H and O–H groups in total. The van der Waals surface area contributed by atoms with Gasteiger partial charge in [0.2, 0.25) is 0 Å². The molecule has 0 unspecified atom stereocenters. The minimum atomic E-state index is -0.537. The highest BCUT2D eigenvalue weighted by Gasteiger charge is 2.33. The van der Waals surface area contributed by atoms with Gasteiger partial charge < -0.3 is 10.6 Å². The Kier molecular flexibility index (Phi) is 3.28. The maximum Gasteiger partial charge on any atom is 0.106 e. The van der Waals surface area contributed by atoms with Crippen LogP contribution < -0.4 is 5.73 Å². The van der Waals surface area contributed by atoms with Gasteiger partial charge in [0.25, 0.3) is 0 Å². The quantitative estimate of drug-likeness (QED) is 0.711. The Morgan fingerprint density at radius 1 is 1.13 bits per heavy atom. The molecule has 0 aromatic rings. The van der Waals surface area contributed by atoms with E-state index in [1.54, 1.807) is 0 Å². The minimum Gasteiger partial charge on any atom is -0.313 e. The minimum absolute atomic E-state index is 0.537. The Labute approximate surface area is 92.2 Å². The zero-order chi connectivity index (χ0) is 10.7. The van der Waals surface area contributed by atoms with Gasteiger partial charge in [0.1, 0.15) is 5.54 Å². The Bertz CT molecular complexity index is 242. The molecular formula is C12H21N3. The van der Waals surface area contributed by atoms with E-state index in [0.717, 1.165) is 32.0 Å². The van der Waals surface area contributed by atoms with Crippen molar-refractivity contribution < 1.29 is 0 Å². The summed E-state index contributed by atoms with van der Waals surface area (Å²) in [5, 5.41) is 8.95. The van der Waals surface area contributed by atoms with Gasteiger partial charge in [-0.25, -0.2) is 0 Å². The second-order valence-corrected chi connectivity index (χ2v) is 5.10. The average molecular weight is 207 g/mol. The van der Waals surface area contributed by atoms with E-state index in [1.165, 1.54) is 32.1 Å². The molecule has 0 bridgehead atoms. The lowest BCUT2D eigenvalue weighted by atomic mass is 9.87. The Morgan fingerprint density at radius 3 is 2.27 bits per heavy atom. The molecule has 0 amide bonds. The third-order valence-electron chi connectivity index (χ3n) is 4.00. The molecule has 2 rings (SSSR count). The van der Waals surface area contributed by atoms with Crippen molar-refractivity contribution in [2.75, 3.05) is 13.1 Å². The lowest BCUT2D eigenvalue weighted by Gasteiger charge is -2.40. The predicted octanol–water partition coefficient (Wildman–Crippen LogP) is 1.64. The van der Waals surface area contributed by atoms with E-state index in [9.17, 15) is 0 Å². The van der Waals surface area contributed by atoms with Crippen molar-refractivity contribution in [3.8, 4) is 6.07 Å². The summed E-state index contributed by atoms with van der Waals surface area (Å²) in [7, 11) is 0.